The third kappa shape index (κ3) is 3.20. The minimum Gasteiger partial charge on any atom is -0.345 e. The Balaban J connectivity index is 2.03. The van der Waals surface area contributed by atoms with Gasteiger partial charge in [0.15, 0.2) is 10.6 Å². The Morgan fingerprint density at radius 3 is 2.60 bits per heavy atom. The number of carbonyl (C=O) groups excluding carboxylic acids is 1. The average Bonchev–Trinajstić information content (AvgIpc) is 2.76. The first-order chi connectivity index (χ1) is 9.49. The number of hydrogen-bond acceptors (Lipinski definition) is 4. The monoisotopic (exact) mass is 310 g/mol. The molecule has 0 bridgehead atoms. The fourth-order valence-corrected chi connectivity index (χ4v) is 2.27. The van der Waals surface area contributed by atoms with Crippen molar-refractivity contribution in [1.29, 1.82) is 0 Å². The second kappa shape index (κ2) is 6.10. The number of amides is 1. The van der Waals surface area contributed by atoms with Gasteiger partial charge in [-0.05, 0) is 36.5 Å². The second-order valence-corrected chi connectivity index (χ2v) is 5.93. The third-order valence-corrected chi connectivity index (χ3v) is 4.13. The van der Waals surface area contributed by atoms with E-state index >= 15 is 0 Å². The molecule has 1 heterocycles. The lowest BCUT2D eigenvalue weighted by Gasteiger charge is -2.05. The summed E-state index contributed by atoms with van der Waals surface area (Å²) in [4.78, 5) is 12.6. The van der Waals surface area contributed by atoms with Crippen molar-refractivity contribution >= 4 is 28.9 Å². The lowest BCUT2D eigenvalue weighted by molar-refractivity contribution is 0.0949. The molecule has 0 spiro atoms. The van der Waals surface area contributed by atoms with Crippen molar-refractivity contribution in [2.24, 2.45) is 7.05 Å². The Morgan fingerprint density at radius 2 is 2.10 bits per heavy atom. The van der Waals surface area contributed by atoms with Crippen LogP contribution < -0.4 is 5.32 Å². The van der Waals surface area contributed by atoms with Crippen LogP contribution >= 0.6 is 12.2 Å². The molecule has 1 atom stereocenters. The van der Waals surface area contributed by atoms with Gasteiger partial charge in [0.05, 0.1) is 6.54 Å². The predicted octanol–water partition coefficient (Wildman–Crippen LogP) is 1.15. The van der Waals surface area contributed by atoms with Gasteiger partial charge in [-0.15, -0.1) is 0 Å². The van der Waals surface area contributed by atoms with Gasteiger partial charge in [-0.2, -0.15) is 5.10 Å². The number of carbonyl (C=O) groups is 1. The van der Waals surface area contributed by atoms with Crippen LogP contribution in [0.25, 0.3) is 0 Å². The molecular weight excluding hydrogens is 296 g/mol. The Bertz CT molecular complexity index is 703. The lowest BCUT2D eigenvalue weighted by atomic mass is 10.2. The van der Waals surface area contributed by atoms with Gasteiger partial charge >= 0.3 is 0 Å². The van der Waals surface area contributed by atoms with Crippen LogP contribution in [0.4, 0.5) is 0 Å². The molecule has 0 unspecified atom stereocenters. The van der Waals surface area contributed by atoms with Crippen LogP contribution in [0.1, 0.15) is 16.2 Å². The molecule has 1 amide bonds. The van der Waals surface area contributed by atoms with E-state index in [0.717, 1.165) is 0 Å². The first-order valence-corrected chi connectivity index (χ1v) is 7.77. The van der Waals surface area contributed by atoms with E-state index in [2.05, 4.69) is 15.5 Å². The minimum atomic E-state index is -1.04. The van der Waals surface area contributed by atoms with Crippen LogP contribution in [0.5, 0.6) is 0 Å². The van der Waals surface area contributed by atoms with Gasteiger partial charge in [-0.3, -0.25) is 14.1 Å². The van der Waals surface area contributed by atoms with E-state index in [-0.39, 0.29) is 12.5 Å². The van der Waals surface area contributed by atoms with Crippen LogP contribution in [0.2, 0.25) is 0 Å². The number of aromatic amines is 1. The number of rotatable bonds is 4. The summed E-state index contributed by atoms with van der Waals surface area (Å²) in [5, 5.41) is 9.41. The quantitative estimate of drug-likeness (QED) is 0.830. The molecule has 0 radical (unpaired) electrons. The van der Waals surface area contributed by atoms with Crippen LogP contribution in [-0.4, -0.2) is 31.1 Å². The average molecular weight is 310 g/mol. The number of nitrogens with zero attached hydrogens (tertiary/aromatic N) is 2. The SMILES string of the molecule is Cn1c(CNC(=O)c2ccc([S@@](C)=O)cc2)n[nH]c1=S. The van der Waals surface area contributed by atoms with Crippen LogP contribution in [0.3, 0.4) is 0 Å². The van der Waals surface area contributed by atoms with Gasteiger partial charge in [-0.25, -0.2) is 0 Å². The fourth-order valence-electron chi connectivity index (χ4n) is 1.60. The van der Waals surface area contributed by atoms with Crippen molar-refractivity contribution in [1.82, 2.24) is 20.1 Å². The Kier molecular flexibility index (Phi) is 4.46. The van der Waals surface area contributed by atoms with Crippen LogP contribution in [0.15, 0.2) is 29.2 Å². The van der Waals surface area contributed by atoms with E-state index in [1.807, 2.05) is 0 Å². The summed E-state index contributed by atoms with van der Waals surface area (Å²) in [5.74, 6) is 0.432. The van der Waals surface area contributed by atoms with Crippen molar-refractivity contribution < 1.29 is 9.00 Å². The molecule has 0 saturated heterocycles. The van der Waals surface area contributed by atoms with Gasteiger partial charge in [0.2, 0.25) is 0 Å². The summed E-state index contributed by atoms with van der Waals surface area (Å²) in [6.07, 6.45) is 1.60. The zero-order valence-corrected chi connectivity index (χ0v) is 12.7. The standard InChI is InChI=1S/C12H14N4O2S2/c1-16-10(14-15-12(16)19)7-13-11(17)8-3-5-9(6-4-8)20(2)18/h3-6H,7H2,1-2H3,(H,13,17)(H,15,19)/t20-/m1/s1. The predicted molar refractivity (Wildman–Crippen MR) is 78.3 cm³/mol. The lowest BCUT2D eigenvalue weighted by Crippen LogP contribution is -2.24. The van der Waals surface area contributed by atoms with Gasteiger partial charge in [0.25, 0.3) is 5.91 Å². The molecule has 0 fully saturated rings. The van der Waals surface area contributed by atoms with Gasteiger partial charge in [-0.1, -0.05) is 0 Å². The van der Waals surface area contributed by atoms with Crippen molar-refractivity contribution in [3.63, 3.8) is 0 Å². The molecule has 0 saturated carbocycles. The van der Waals surface area contributed by atoms with Crippen LogP contribution in [-0.2, 0) is 24.4 Å². The molecule has 0 aliphatic heterocycles. The highest BCUT2D eigenvalue weighted by Crippen LogP contribution is 2.07. The van der Waals surface area contributed by atoms with E-state index in [4.69, 9.17) is 12.2 Å². The highest BCUT2D eigenvalue weighted by Gasteiger charge is 2.08. The summed E-state index contributed by atoms with van der Waals surface area (Å²) >= 11 is 4.99. The zero-order chi connectivity index (χ0) is 14.7. The number of aromatic nitrogens is 3. The molecule has 0 aliphatic rings. The van der Waals surface area contributed by atoms with E-state index in [9.17, 15) is 9.00 Å². The van der Waals surface area contributed by atoms with Crippen molar-refractivity contribution in [3.8, 4) is 0 Å². The van der Waals surface area contributed by atoms with Crippen LogP contribution in [0, 0.1) is 4.77 Å². The Morgan fingerprint density at radius 1 is 1.45 bits per heavy atom. The number of benzene rings is 1. The smallest absolute Gasteiger partial charge is 0.251 e. The van der Waals surface area contributed by atoms with Gasteiger partial charge < -0.3 is 9.88 Å². The molecule has 2 rings (SSSR count). The van der Waals surface area contributed by atoms with Crippen molar-refractivity contribution in [2.75, 3.05) is 6.26 Å². The van der Waals surface area contributed by atoms with E-state index < -0.39 is 10.8 Å². The molecule has 1 aromatic heterocycles. The third-order valence-electron chi connectivity index (χ3n) is 2.83. The molecule has 2 aromatic rings. The Labute approximate surface area is 123 Å². The van der Waals surface area contributed by atoms with Crippen molar-refractivity contribution in [2.45, 2.75) is 11.4 Å². The molecule has 2 N–H and O–H groups in total. The summed E-state index contributed by atoms with van der Waals surface area (Å²) in [5.41, 5.74) is 0.510. The normalized spacial score (nSPS) is 12.1. The topological polar surface area (TPSA) is 79.8 Å². The fraction of sp³-hybridized carbons (Fsp3) is 0.250. The summed E-state index contributed by atoms with van der Waals surface area (Å²) in [6.45, 7) is 0.282. The highest BCUT2D eigenvalue weighted by atomic mass is 32.2. The summed E-state index contributed by atoms with van der Waals surface area (Å²) < 4.78 is 13.5. The number of nitrogens with one attached hydrogen (secondary N) is 2. The molecule has 6 nitrogen and oxygen atoms in total. The van der Waals surface area contributed by atoms with E-state index in [0.29, 0.717) is 21.1 Å². The molecule has 0 aliphatic carbocycles. The molecule has 20 heavy (non-hydrogen) atoms. The summed E-state index contributed by atoms with van der Waals surface area (Å²) in [7, 11) is 0.731. The molecule has 106 valence electrons. The highest BCUT2D eigenvalue weighted by molar-refractivity contribution is 7.84. The van der Waals surface area contributed by atoms with E-state index in [1.165, 1.54) is 0 Å². The maximum atomic E-state index is 12.0. The zero-order valence-electron chi connectivity index (χ0n) is 11.0. The summed E-state index contributed by atoms with van der Waals surface area (Å²) in [6, 6.07) is 6.66. The number of H-pyrrole nitrogens is 1. The maximum absolute atomic E-state index is 12.0. The maximum Gasteiger partial charge on any atom is 0.251 e. The molecular formula is C12H14N4O2S2. The van der Waals surface area contributed by atoms with Crippen molar-refractivity contribution in [3.05, 3.63) is 40.4 Å². The first kappa shape index (κ1) is 14.6. The van der Waals surface area contributed by atoms with E-state index in [1.54, 1.807) is 42.1 Å². The number of hydrogen-bond donors (Lipinski definition) is 2. The molecule has 1 aromatic carbocycles. The minimum absolute atomic E-state index is 0.215. The van der Waals surface area contributed by atoms with Gasteiger partial charge in [0.1, 0.15) is 0 Å². The van der Waals surface area contributed by atoms with Gasteiger partial charge in [0, 0.05) is 34.6 Å². The molecule has 8 heteroatoms. The first-order valence-electron chi connectivity index (χ1n) is 5.81. The second-order valence-electron chi connectivity index (χ2n) is 4.17. The Hall–Kier alpha value is -1.80. The largest absolute Gasteiger partial charge is 0.345 e.